The zero-order valence-electron chi connectivity index (χ0n) is 62.3. The summed E-state index contributed by atoms with van der Waals surface area (Å²) < 4.78 is 46.4. The van der Waals surface area contributed by atoms with Gasteiger partial charge in [-0.2, -0.15) is 6.07 Å². The van der Waals surface area contributed by atoms with Crippen LogP contribution < -0.4 is 25.2 Å². The van der Waals surface area contributed by atoms with Crippen LogP contribution in [0.4, 0.5) is 22.7 Å². The Morgan fingerprint density at radius 3 is 1.61 bits per heavy atom. The number of aromatic nitrogens is 2. The molecule has 10 heteroatoms. The maximum atomic E-state index is 9.62. The third-order valence-corrected chi connectivity index (χ3v) is 18.5. The first-order valence-electron chi connectivity index (χ1n) is 35.5. The fraction of sp³-hybridized carbons (Fsp3) is 0.205. The summed E-state index contributed by atoms with van der Waals surface area (Å²) in [7, 11) is 4.37. The van der Waals surface area contributed by atoms with E-state index in [4.69, 9.17) is 12.5 Å². The average molecular weight is 1460 g/mol. The molecule has 8 aromatic carbocycles. The van der Waals surface area contributed by atoms with Crippen LogP contribution in [0, 0.1) is 18.8 Å². The third-order valence-electron chi connectivity index (χ3n) is 18.5. The monoisotopic (exact) mass is 1460 g/mol. The Morgan fingerprint density at radius 2 is 1.04 bits per heavy atom. The number of nitrogens with zero attached hydrogens (tertiary/aromatic N) is 4. The van der Waals surface area contributed by atoms with E-state index < -0.39 is 5.41 Å². The van der Waals surface area contributed by atoms with E-state index >= 15 is 0 Å². The smallest absolute Gasteiger partial charge is 0.182 e. The topological polar surface area (TPSA) is 57.6 Å². The molecule has 0 saturated carbocycles. The summed E-state index contributed by atoms with van der Waals surface area (Å²) in [4.78, 5) is 9.62. The van der Waals surface area contributed by atoms with Gasteiger partial charge in [0.1, 0.15) is 5.82 Å². The van der Waals surface area contributed by atoms with Crippen molar-refractivity contribution in [1.29, 1.82) is 0 Å². The summed E-state index contributed by atoms with van der Waals surface area (Å²) in [5.74, 6) is 5.40. The summed E-state index contributed by atoms with van der Waals surface area (Å²) in [6.45, 7) is 31.9. The molecular formula is C88H85B2N6OPt-3. The molecule has 10 aromatic rings. The van der Waals surface area contributed by atoms with Crippen LogP contribution in [0.5, 0.6) is 11.5 Å². The van der Waals surface area contributed by atoms with Gasteiger partial charge in [-0.25, -0.2) is 4.98 Å². The Morgan fingerprint density at radius 1 is 0.500 bits per heavy atom. The van der Waals surface area contributed by atoms with Crippen LogP contribution in [0.3, 0.4) is 0 Å². The van der Waals surface area contributed by atoms with Gasteiger partial charge in [0.15, 0.2) is 14.6 Å². The Kier molecular flexibility index (Phi) is 17.9. The molecule has 3 aliphatic rings. The van der Waals surface area contributed by atoms with Crippen molar-refractivity contribution in [2.75, 3.05) is 9.80 Å². The first-order chi connectivity index (χ1) is 48.2. The maximum Gasteiger partial charge on any atom is 0.182 e. The van der Waals surface area contributed by atoms with E-state index in [0.717, 1.165) is 72.6 Å². The second-order valence-electron chi connectivity index (χ2n) is 29.5. The Hall–Kier alpha value is -9.55. The van der Waals surface area contributed by atoms with E-state index in [0.29, 0.717) is 33.6 Å². The van der Waals surface area contributed by atoms with E-state index in [1.165, 1.54) is 22.3 Å². The molecule has 98 heavy (non-hydrogen) atoms. The van der Waals surface area contributed by atoms with Gasteiger partial charge in [-0.3, -0.25) is 0 Å². The summed E-state index contributed by atoms with van der Waals surface area (Å²) >= 11 is 0. The van der Waals surface area contributed by atoms with Crippen molar-refractivity contribution < 1.29 is 31.3 Å². The van der Waals surface area contributed by atoms with Gasteiger partial charge < -0.3 is 29.7 Å². The van der Waals surface area contributed by atoms with Crippen LogP contribution in [-0.2, 0) is 48.1 Å². The van der Waals surface area contributed by atoms with Crippen LogP contribution in [-0.4, -0.2) is 24.1 Å². The molecule has 0 unspecified atom stereocenters. The number of allylic oxidation sites excluding steroid dienone is 8. The summed E-state index contributed by atoms with van der Waals surface area (Å²) in [5, 5.41) is 7.50. The number of nitrogens with one attached hydrogen (secondary N) is 2. The van der Waals surface area contributed by atoms with Gasteiger partial charge in [0.25, 0.3) is 0 Å². The number of hydrogen-bond donors (Lipinski definition) is 2. The molecule has 13 rings (SSSR count). The van der Waals surface area contributed by atoms with Crippen molar-refractivity contribution in [3.8, 4) is 28.4 Å². The average Bonchev–Trinajstić information content (AvgIpc) is 1.54. The van der Waals surface area contributed by atoms with Crippen molar-refractivity contribution in [2.45, 2.75) is 117 Å². The van der Waals surface area contributed by atoms with Crippen molar-refractivity contribution in [3.05, 3.63) is 330 Å². The molecule has 0 bridgehead atoms. The van der Waals surface area contributed by atoms with E-state index in [1.54, 1.807) is 6.20 Å². The quantitative estimate of drug-likeness (QED) is 0.0994. The number of pyridine rings is 1. The van der Waals surface area contributed by atoms with Crippen LogP contribution in [0.2, 0.25) is 0 Å². The SMILES string of the molecule is [2H]c1c([2H])c([2H])c2c(c1[2H])c1ccc(Oc3[c-]c(N4[CH-]N(c5c(/C6=C/C=C\N/C=C\C=C/[B]6)cc(C(C)(C)C)cc5/C5=C/C=C\N/C=C\C=C/[B]5)c5ccccc54)cc(-c4c(C(C)(C)C)cc(C(C)(C)C)cc4C(C)(C)C)c3)[c-]c1n2-c1cc(C(C)(c2ccccc2)c2ccccc2)ccn1.[Pt]. The van der Waals surface area contributed by atoms with Gasteiger partial charge in [-0.05, 0) is 156 Å². The number of fused-ring (bicyclic) bond motifs is 4. The molecule has 7 nitrogen and oxygen atoms in total. The summed E-state index contributed by atoms with van der Waals surface area (Å²) in [5.41, 5.74) is 16.7. The number of anilines is 4. The summed E-state index contributed by atoms with van der Waals surface area (Å²) in [6, 6.07) is 57.5. The number of para-hydroxylation sites is 3. The van der Waals surface area contributed by atoms with Gasteiger partial charge in [-0.1, -0.05) is 227 Å². The van der Waals surface area contributed by atoms with E-state index in [9.17, 15) is 2.74 Å². The number of hydrogen-bond acceptors (Lipinski definition) is 6. The second-order valence-corrected chi connectivity index (χ2v) is 29.5. The molecule has 0 aliphatic carbocycles. The summed E-state index contributed by atoms with van der Waals surface area (Å²) in [6.07, 6.45) is 26.0. The first kappa shape index (κ1) is 63.2. The predicted octanol–water partition coefficient (Wildman–Crippen LogP) is 21.6. The van der Waals surface area contributed by atoms with Crippen LogP contribution >= 0.6 is 0 Å². The largest absolute Gasteiger partial charge is 0.509 e. The zero-order valence-corrected chi connectivity index (χ0v) is 60.5. The number of ether oxygens (including phenoxy) is 1. The zero-order chi connectivity index (χ0) is 71.3. The van der Waals surface area contributed by atoms with E-state index in [-0.39, 0.29) is 72.4 Å². The van der Waals surface area contributed by atoms with Crippen molar-refractivity contribution in [3.63, 3.8) is 0 Å². The van der Waals surface area contributed by atoms with Crippen LogP contribution in [0.1, 0.15) is 146 Å². The van der Waals surface area contributed by atoms with Gasteiger partial charge in [0.05, 0.1) is 5.48 Å². The molecule has 0 atom stereocenters. The minimum atomic E-state index is -0.656. The van der Waals surface area contributed by atoms with Gasteiger partial charge in [-0.15, -0.1) is 65.6 Å². The molecule has 492 valence electrons. The molecule has 0 amide bonds. The minimum Gasteiger partial charge on any atom is -0.509 e. The van der Waals surface area contributed by atoms with Crippen molar-refractivity contribution in [2.24, 2.45) is 0 Å². The number of rotatable bonds is 11. The normalized spacial score (nSPS) is 18.0. The van der Waals surface area contributed by atoms with Gasteiger partial charge in [0.2, 0.25) is 0 Å². The molecule has 2 radical (unpaired) electrons. The standard InChI is InChI=1S/C88H85B2N6O.Pt/c1-84(2,3)64-52-71(75-35-28-47-91-45-26-24-43-89-75)83(72(53-64)76-36-29-48-92-46-27-25-44-90-76)95-59-94(78-38-22-23-39-79(78)95)66-50-60(82-73(86(7,8)9)54-65(85(4,5)6)55-74(82)87(10,11)12)51-68(57-66)97-67-40-41-70-69-34-20-21-37-77(69)96(80(70)58-67)81-56-63(42-49-93-81)88(13,61-30-16-14-17-31-61)62-32-18-15-19-33-62;/h14-56,59,91-92H,1-13H3;/q-3;/b43-24-,44-25-,45-26-,46-27-,47-28-,48-29-,75-35-,76-36-;/i20D,21D,34D,37D;. The minimum absolute atomic E-state index is 0. The Balaban J connectivity index is 0.00000982. The van der Waals surface area contributed by atoms with E-state index in [1.807, 2.05) is 90.1 Å². The molecule has 5 heterocycles. The van der Waals surface area contributed by atoms with Crippen molar-refractivity contribution in [1.82, 2.24) is 20.2 Å². The van der Waals surface area contributed by atoms with Gasteiger partial charge in [0, 0.05) is 91.6 Å². The van der Waals surface area contributed by atoms with Gasteiger partial charge >= 0.3 is 0 Å². The molecule has 2 aromatic heterocycles. The third kappa shape index (κ3) is 13.9. The Labute approximate surface area is 603 Å². The molecule has 2 N–H and O–H groups in total. The predicted molar refractivity (Wildman–Crippen MR) is 411 cm³/mol. The second kappa shape index (κ2) is 27.8. The molecule has 3 aliphatic heterocycles. The van der Waals surface area contributed by atoms with Crippen molar-refractivity contribution >= 4 is 70.1 Å². The van der Waals surface area contributed by atoms with Crippen LogP contribution in [0.25, 0.3) is 49.7 Å². The maximum absolute atomic E-state index is 9.62. The molecule has 0 saturated heterocycles. The fourth-order valence-electron chi connectivity index (χ4n) is 13.3. The van der Waals surface area contributed by atoms with E-state index in [2.05, 4.69) is 289 Å². The first-order valence-corrected chi connectivity index (χ1v) is 33.5. The van der Waals surface area contributed by atoms with Crippen LogP contribution in [0.15, 0.2) is 261 Å². The molecular weight excluding hydrogens is 1370 g/mol. The fourth-order valence-corrected chi connectivity index (χ4v) is 13.3. The number of benzene rings is 8. The Bertz CT molecular complexity index is 4990. The molecule has 0 spiro atoms. The molecule has 0 fully saturated rings.